The van der Waals surface area contributed by atoms with Crippen LogP contribution in [0.1, 0.15) is 28.7 Å². The molecule has 0 fully saturated rings. The van der Waals surface area contributed by atoms with Gasteiger partial charge in [0.15, 0.2) is 0 Å². The molecular formula is C22H24ClN3O. The SMILES string of the molecule is COc1ccc(C)cc1CCc1c(Cl)cccc1C1=NCCN1CCC#N. The van der Waals surface area contributed by atoms with Crippen LogP contribution in [0.25, 0.3) is 0 Å². The summed E-state index contributed by atoms with van der Waals surface area (Å²) in [6.07, 6.45) is 2.14. The molecule has 3 rings (SSSR count). The maximum atomic E-state index is 8.91. The first kappa shape index (κ1) is 19.3. The van der Waals surface area contributed by atoms with Gasteiger partial charge in [-0.1, -0.05) is 41.4 Å². The number of aliphatic imine (C=N–C) groups is 1. The van der Waals surface area contributed by atoms with E-state index < -0.39 is 0 Å². The highest BCUT2D eigenvalue weighted by Crippen LogP contribution is 2.27. The number of benzene rings is 2. The summed E-state index contributed by atoms with van der Waals surface area (Å²) in [5, 5.41) is 9.67. The molecule has 0 aromatic heterocycles. The van der Waals surface area contributed by atoms with E-state index in [9.17, 15) is 0 Å². The van der Waals surface area contributed by atoms with E-state index in [0.29, 0.717) is 13.0 Å². The van der Waals surface area contributed by atoms with Gasteiger partial charge in [-0.15, -0.1) is 0 Å². The van der Waals surface area contributed by atoms with Gasteiger partial charge in [-0.05, 0) is 43.0 Å². The van der Waals surface area contributed by atoms with E-state index in [0.717, 1.165) is 53.7 Å². The minimum Gasteiger partial charge on any atom is -0.496 e. The van der Waals surface area contributed by atoms with Gasteiger partial charge in [0.2, 0.25) is 0 Å². The zero-order valence-electron chi connectivity index (χ0n) is 15.8. The summed E-state index contributed by atoms with van der Waals surface area (Å²) in [5.41, 5.74) is 4.57. The molecule has 0 saturated heterocycles. The van der Waals surface area contributed by atoms with Gasteiger partial charge in [-0.3, -0.25) is 4.99 Å². The van der Waals surface area contributed by atoms with E-state index >= 15 is 0 Å². The number of rotatable bonds is 7. The maximum Gasteiger partial charge on any atom is 0.131 e. The van der Waals surface area contributed by atoms with E-state index in [4.69, 9.17) is 26.6 Å². The van der Waals surface area contributed by atoms with Gasteiger partial charge < -0.3 is 9.64 Å². The quantitative estimate of drug-likeness (QED) is 0.713. The average molecular weight is 382 g/mol. The molecule has 2 aromatic rings. The van der Waals surface area contributed by atoms with E-state index in [1.807, 2.05) is 18.2 Å². The molecule has 5 heteroatoms. The van der Waals surface area contributed by atoms with Gasteiger partial charge in [-0.25, -0.2) is 0 Å². The molecule has 0 N–H and O–H groups in total. The highest BCUT2D eigenvalue weighted by atomic mass is 35.5. The molecule has 27 heavy (non-hydrogen) atoms. The second kappa shape index (κ2) is 8.92. The molecule has 2 aromatic carbocycles. The molecule has 140 valence electrons. The molecule has 0 amide bonds. The van der Waals surface area contributed by atoms with Crippen LogP contribution in [0.3, 0.4) is 0 Å². The van der Waals surface area contributed by atoms with Crippen molar-refractivity contribution in [3.05, 3.63) is 63.7 Å². The molecule has 0 bridgehead atoms. The smallest absolute Gasteiger partial charge is 0.131 e. The van der Waals surface area contributed by atoms with Crippen molar-refractivity contribution in [2.24, 2.45) is 4.99 Å². The van der Waals surface area contributed by atoms with E-state index in [1.165, 1.54) is 11.1 Å². The fraction of sp³-hybridized carbons (Fsp3) is 0.364. The van der Waals surface area contributed by atoms with Crippen LogP contribution in [0.15, 0.2) is 41.4 Å². The zero-order chi connectivity index (χ0) is 19.2. The molecule has 4 nitrogen and oxygen atoms in total. The normalized spacial score (nSPS) is 13.4. The minimum absolute atomic E-state index is 0.495. The molecule has 0 unspecified atom stereocenters. The lowest BCUT2D eigenvalue weighted by molar-refractivity contribution is 0.409. The molecule has 0 aliphatic carbocycles. The lowest BCUT2D eigenvalue weighted by atomic mass is 9.97. The number of nitriles is 1. The Morgan fingerprint density at radius 1 is 1.26 bits per heavy atom. The Morgan fingerprint density at radius 2 is 2.11 bits per heavy atom. The van der Waals surface area contributed by atoms with Crippen LogP contribution < -0.4 is 4.74 Å². The number of amidine groups is 1. The Kier molecular flexibility index (Phi) is 6.36. The predicted octanol–water partition coefficient (Wildman–Crippen LogP) is 4.42. The van der Waals surface area contributed by atoms with Gasteiger partial charge in [0.25, 0.3) is 0 Å². The molecule has 1 aliphatic heterocycles. The second-order valence-corrected chi connectivity index (χ2v) is 7.09. The Labute approximate surface area is 166 Å². The Morgan fingerprint density at radius 3 is 2.89 bits per heavy atom. The van der Waals surface area contributed by atoms with Gasteiger partial charge in [0, 0.05) is 23.7 Å². The molecule has 1 aliphatic rings. The van der Waals surface area contributed by atoms with Crippen molar-refractivity contribution in [2.75, 3.05) is 26.7 Å². The largest absolute Gasteiger partial charge is 0.496 e. The predicted molar refractivity (Wildman–Crippen MR) is 110 cm³/mol. The van der Waals surface area contributed by atoms with Gasteiger partial charge >= 0.3 is 0 Å². The van der Waals surface area contributed by atoms with Crippen LogP contribution in [0.4, 0.5) is 0 Å². The summed E-state index contributed by atoms with van der Waals surface area (Å²) >= 11 is 6.57. The number of methoxy groups -OCH3 is 1. The van der Waals surface area contributed by atoms with Crippen molar-refractivity contribution >= 4 is 17.4 Å². The summed E-state index contributed by atoms with van der Waals surface area (Å²) in [6, 6.07) is 14.4. The summed E-state index contributed by atoms with van der Waals surface area (Å²) < 4.78 is 5.51. The number of aryl methyl sites for hydroxylation is 2. The maximum absolute atomic E-state index is 8.91. The van der Waals surface area contributed by atoms with Crippen molar-refractivity contribution in [3.63, 3.8) is 0 Å². The molecule has 0 radical (unpaired) electrons. The first-order chi connectivity index (χ1) is 13.1. The number of nitrogens with zero attached hydrogens (tertiary/aromatic N) is 3. The van der Waals surface area contributed by atoms with E-state index in [-0.39, 0.29) is 0 Å². The number of halogens is 1. The minimum atomic E-state index is 0.495. The molecule has 1 heterocycles. The van der Waals surface area contributed by atoms with E-state index in [2.05, 4.69) is 36.1 Å². The first-order valence-corrected chi connectivity index (χ1v) is 9.59. The highest BCUT2D eigenvalue weighted by molar-refractivity contribution is 6.32. The van der Waals surface area contributed by atoms with Crippen molar-refractivity contribution in [1.82, 2.24) is 4.90 Å². The molecule has 0 spiro atoms. The summed E-state index contributed by atoms with van der Waals surface area (Å²) in [5.74, 6) is 1.86. The Bertz CT molecular complexity index is 886. The Hall–Kier alpha value is -2.51. The fourth-order valence-electron chi connectivity index (χ4n) is 3.53. The highest BCUT2D eigenvalue weighted by Gasteiger charge is 2.22. The molecular weight excluding hydrogens is 358 g/mol. The van der Waals surface area contributed by atoms with Crippen LogP contribution in [0, 0.1) is 18.3 Å². The zero-order valence-corrected chi connectivity index (χ0v) is 16.6. The fourth-order valence-corrected chi connectivity index (χ4v) is 3.79. The summed E-state index contributed by atoms with van der Waals surface area (Å²) in [7, 11) is 1.70. The third kappa shape index (κ3) is 4.43. The van der Waals surface area contributed by atoms with Gasteiger partial charge in [0.1, 0.15) is 11.6 Å². The second-order valence-electron chi connectivity index (χ2n) is 6.68. The first-order valence-electron chi connectivity index (χ1n) is 9.21. The van der Waals surface area contributed by atoms with E-state index in [1.54, 1.807) is 7.11 Å². The number of ether oxygens (including phenoxy) is 1. The monoisotopic (exact) mass is 381 g/mol. The van der Waals surface area contributed by atoms with Crippen molar-refractivity contribution < 1.29 is 4.74 Å². The van der Waals surface area contributed by atoms with Crippen molar-refractivity contribution in [2.45, 2.75) is 26.2 Å². The Balaban J connectivity index is 1.87. The molecule has 0 atom stereocenters. The van der Waals surface area contributed by atoms with Gasteiger partial charge in [-0.2, -0.15) is 5.26 Å². The van der Waals surface area contributed by atoms with Crippen LogP contribution >= 0.6 is 11.6 Å². The van der Waals surface area contributed by atoms with Crippen LogP contribution in [-0.2, 0) is 12.8 Å². The lowest BCUT2D eigenvalue weighted by Gasteiger charge is -2.21. The van der Waals surface area contributed by atoms with Crippen molar-refractivity contribution in [3.8, 4) is 11.8 Å². The van der Waals surface area contributed by atoms with Gasteiger partial charge in [0.05, 0.1) is 26.1 Å². The number of hydrogen-bond acceptors (Lipinski definition) is 4. The topological polar surface area (TPSA) is 48.6 Å². The third-order valence-corrected chi connectivity index (χ3v) is 5.22. The average Bonchev–Trinajstić information content (AvgIpc) is 3.13. The summed E-state index contributed by atoms with van der Waals surface area (Å²) in [4.78, 5) is 6.88. The van der Waals surface area contributed by atoms with Crippen molar-refractivity contribution in [1.29, 1.82) is 5.26 Å². The van der Waals surface area contributed by atoms with Crippen LogP contribution in [0.2, 0.25) is 5.02 Å². The number of hydrogen-bond donors (Lipinski definition) is 0. The third-order valence-electron chi connectivity index (χ3n) is 4.86. The summed E-state index contributed by atoms with van der Waals surface area (Å²) in [6.45, 7) is 4.41. The molecule has 0 saturated carbocycles. The lowest BCUT2D eigenvalue weighted by Crippen LogP contribution is -2.30. The van der Waals surface area contributed by atoms with Crippen LogP contribution in [0.5, 0.6) is 5.75 Å². The standard InChI is InChI=1S/C22H24ClN3O/c1-16-7-10-21(27-2)17(15-16)8-9-18-19(5-3-6-20(18)23)22-25-12-14-26(22)13-4-11-24/h3,5-7,10,15H,4,8-9,12-14H2,1-2H3. The van der Waals surface area contributed by atoms with Crippen LogP contribution in [-0.4, -0.2) is 37.5 Å².